The topological polar surface area (TPSA) is 97.2 Å². The SMILES string of the molecule is CC(C)(C)OC(=O)N1CCC(n2cc(-c3cccc(N)c3C#N)cn2)CC1. The van der Waals surface area contributed by atoms with Crippen molar-refractivity contribution in [2.24, 2.45) is 0 Å². The summed E-state index contributed by atoms with van der Waals surface area (Å²) in [6.07, 6.45) is 5.06. The predicted molar refractivity (Wildman–Crippen MR) is 103 cm³/mol. The van der Waals surface area contributed by atoms with Crippen molar-refractivity contribution in [3.63, 3.8) is 0 Å². The molecule has 0 atom stereocenters. The van der Waals surface area contributed by atoms with Crippen LogP contribution in [-0.2, 0) is 4.74 Å². The number of rotatable bonds is 2. The van der Waals surface area contributed by atoms with Crippen molar-refractivity contribution in [2.45, 2.75) is 45.3 Å². The number of hydrogen-bond donors (Lipinski definition) is 1. The van der Waals surface area contributed by atoms with Crippen molar-refractivity contribution < 1.29 is 9.53 Å². The number of hydrogen-bond acceptors (Lipinski definition) is 5. The Bertz CT molecular complexity index is 867. The van der Waals surface area contributed by atoms with E-state index in [1.165, 1.54) is 0 Å². The normalized spacial score (nSPS) is 15.4. The molecule has 0 spiro atoms. The zero-order chi connectivity index (χ0) is 19.6. The number of nitrogens with two attached hydrogens (primary N) is 1. The van der Waals surface area contributed by atoms with Crippen molar-refractivity contribution in [3.8, 4) is 17.2 Å². The minimum absolute atomic E-state index is 0.212. The van der Waals surface area contributed by atoms with Crippen LogP contribution in [0, 0.1) is 11.3 Å². The molecule has 2 heterocycles. The lowest BCUT2D eigenvalue weighted by atomic mass is 10.0. The Kier molecular flexibility index (Phi) is 5.08. The molecule has 3 rings (SSSR count). The summed E-state index contributed by atoms with van der Waals surface area (Å²) in [5.41, 5.74) is 8.01. The summed E-state index contributed by atoms with van der Waals surface area (Å²) in [6, 6.07) is 7.81. The van der Waals surface area contributed by atoms with Gasteiger partial charge in [-0.05, 0) is 39.7 Å². The Hall–Kier alpha value is -3.01. The van der Waals surface area contributed by atoms with E-state index >= 15 is 0 Å². The van der Waals surface area contributed by atoms with Crippen molar-refractivity contribution >= 4 is 11.8 Å². The molecule has 27 heavy (non-hydrogen) atoms. The average Bonchev–Trinajstić information content (AvgIpc) is 3.10. The summed E-state index contributed by atoms with van der Waals surface area (Å²) >= 11 is 0. The summed E-state index contributed by atoms with van der Waals surface area (Å²) in [5, 5.41) is 13.9. The van der Waals surface area contributed by atoms with Crippen LogP contribution in [-0.4, -0.2) is 39.5 Å². The van der Waals surface area contributed by atoms with E-state index in [1.54, 1.807) is 17.2 Å². The molecule has 1 aromatic carbocycles. The number of benzene rings is 1. The van der Waals surface area contributed by atoms with Gasteiger partial charge in [0.25, 0.3) is 0 Å². The van der Waals surface area contributed by atoms with Gasteiger partial charge in [0.05, 0.1) is 23.5 Å². The molecule has 0 aliphatic carbocycles. The van der Waals surface area contributed by atoms with Gasteiger partial charge in [0.2, 0.25) is 0 Å². The van der Waals surface area contributed by atoms with E-state index in [0.717, 1.165) is 24.0 Å². The summed E-state index contributed by atoms with van der Waals surface area (Å²) in [6.45, 7) is 6.88. The second-order valence-corrected chi connectivity index (χ2v) is 7.79. The van der Waals surface area contributed by atoms with Crippen LogP contribution in [0.1, 0.15) is 45.2 Å². The van der Waals surface area contributed by atoms with Gasteiger partial charge in [0.15, 0.2) is 0 Å². The second kappa shape index (κ2) is 7.31. The molecule has 1 fully saturated rings. The first-order valence-corrected chi connectivity index (χ1v) is 9.09. The molecule has 1 aliphatic heterocycles. The van der Waals surface area contributed by atoms with Gasteiger partial charge in [0.1, 0.15) is 11.7 Å². The third kappa shape index (κ3) is 4.22. The fourth-order valence-corrected chi connectivity index (χ4v) is 3.25. The molecule has 0 bridgehead atoms. The van der Waals surface area contributed by atoms with E-state index < -0.39 is 5.60 Å². The van der Waals surface area contributed by atoms with Gasteiger partial charge in [-0.1, -0.05) is 12.1 Å². The van der Waals surface area contributed by atoms with Crippen molar-refractivity contribution in [1.29, 1.82) is 5.26 Å². The van der Waals surface area contributed by atoms with Gasteiger partial charge in [-0.2, -0.15) is 10.4 Å². The monoisotopic (exact) mass is 367 g/mol. The molecule has 0 unspecified atom stereocenters. The van der Waals surface area contributed by atoms with Crippen LogP contribution in [0.5, 0.6) is 0 Å². The van der Waals surface area contributed by atoms with Crippen LogP contribution in [0.15, 0.2) is 30.6 Å². The molecular weight excluding hydrogens is 342 g/mol. The molecular formula is C20H25N5O2. The predicted octanol–water partition coefficient (Wildman–Crippen LogP) is 3.58. The number of likely N-dealkylation sites (tertiary alicyclic amines) is 1. The maximum absolute atomic E-state index is 12.2. The Morgan fingerprint density at radius 1 is 1.33 bits per heavy atom. The van der Waals surface area contributed by atoms with Gasteiger partial charge < -0.3 is 15.4 Å². The van der Waals surface area contributed by atoms with Crippen LogP contribution in [0.2, 0.25) is 0 Å². The Labute approximate surface area is 159 Å². The zero-order valence-corrected chi connectivity index (χ0v) is 16.0. The van der Waals surface area contributed by atoms with Crippen LogP contribution in [0.3, 0.4) is 0 Å². The summed E-state index contributed by atoms with van der Waals surface area (Å²) < 4.78 is 7.36. The lowest BCUT2D eigenvalue weighted by molar-refractivity contribution is 0.0185. The maximum atomic E-state index is 12.2. The van der Waals surface area contributed by atoms with E-state index in [4.69, 9.17) is 10.5 Å². The largest absolute Gasteiger partial charge is 0.444 e. The minimum Gasteiger partial charge on any atom is -0.444 e. The second-order valence-electron chi connectivity index (χ2n) is 7.79. The quantitative estimate of drug-likeness (QED) is 0.818. The Morgan fingerprint density at radius 3 is 2.67 bits per heavy atom. The lowest BCUT2D eigenvalue weighted by Gasteiger charge is -2.33. The summed E-state index contributed by atoms with van der Waals surface area (Å²) in [4.78, 5) is 13.9. The van der Waals surface area contributed by atoms with Gasteiger partial charge in [-0.3, -0.25) is 4.68 Å². The molecule has 2 aromatic rings. The fraction of sp³-hybridized carbons (Fsp3) is 0.450. The maximum Gasteiger partial charge on any atom is 0.410 e. The van der Waals surface area contributed by atoms with Gasteiger partial charge >= 0.3 is 6.09 Å². The smallest absolute Gasteiger partial charge is 0.410 e. The number of piperidine rings is 1. The van der Waals surface area contributed by atoms with Gasteiger partial charge in [-0.25, -0.2) is 4.79 Å². The molecule has 1 aromatic heterocycles. The lowest BCUT2D eigenvalue weighted by Crippen LogP contribution is -2.42. The van der Waals surface area contributed by atoms with Crippen LogP contribution >= 0.6 is 0 Å². The number of amides is 1. The van der Waals surface area contributed by atoms with Crippen molar-refractivity contribution in [1.82, 2.24) is 14.7 Å². The molecule has 142 valence electrons. The average molecular weight is 367 g/mol. The number of nitrogen functional groups attached to an aromatic ring is 1. The number of aromatic nitrogens is 2. The number of nitriles is 1. The molecule has 0 radical (unpaired) electrons. The van der Waals surface area contributed by atoms with E-state index in [9.17, 15) is 10.1 Å². The number of ether oxygens (including phenoxy) is 1. The molecule has 1 aliphatic rings. The third-order valence-corrected chi connectivity index (χ3v) is 4.61. The first kappa shape index (κ1) is 18.8. The first-order chi connectivity index (χ1) is 12.8. The zero-order valence-electron chi connectivity index (χ0n) is 16.0. The van der Waals surface area contributed by atoms with Gasteiger partial charge in [-0.15, -0.1) is 0 Å². The highest BCUT2D eigenvalue weighted by Crippen LogP contribution is 2.29. The fourth-order valence-electron chi connectivity index (χ4n) is 3.25. The van der Waals surface area contributed by atoms with Crippen LogP contribution in [0.4, 0.5) is 10.5 Å². The van der Waals surface area contributed by atoms with Crippen LogP contribution < -0.4 is 5.73 Å². The van der Waals surface area contributed by atoms with E-state index in [-0.39, 0.29) is 12.1 Å². The molecule has 7 heteroatoms. The molecule has 7 nitrogen and oxygen atoms in total. The Morgan fingerprint density at radius 2 is 2.04 bits per heavy atom. The van der Waals surface area contributed by atoms with E-state index in [1.807, 2.05) is 43.8 Å². The summed E-state index contributed by atoms with van der Waals surface area (Å²) in [5.74, 6) is 0. The summed E-state index contributed by atoms with van der Waals surface area (Å²) in [7, 11) is 0. The molecule has 1 amide bonds. The van der Waals surface area contributed by atoms with Crippen molar-refractivity contribution in [3.05, 3.63) is 36.2 Å². The molecule has 0 saturated carbocycles. The number of nitrogens with zero attached hydrogens (tertiary/aromatic N) is 4. The highest BCUT2D eigenvalue weighted by molar-refractivity contribution is 5.76. The first-order valence-electron chi connectivity index (χ1n) is 9.09. The van der Waals surface area contributed by atoms with E-state index in [0.29, 0.717) is 24.3 Å². The minimum atomic E-state index is -0.485. The standard InChI is InChI=1S/C20H25N5O2/c1-20(2,3)27-19(26)24-9-7-15(8-10-24)25-13-14(12-23-25)16-5-4-6-18(22)17(16)11-21/h4-6,12-13,15H,7-10,22H2,1-3H3. The van der Waals surface area contributed by atoms with Gasteiger partial charge in [0, 0.05) is 30.4 Å². The number of carbonyl (C=O) groups excluding carboxylic acids is 1. The van der Waals surface area contributed by atoms with E-state index in [2.05, 4.69) is 11.2 Å². The van der Waals surface area contributed by atoms with Crippen LogP contribution in [0.25, 0.3) is 11.1 Å². The molecule has 1 saturated heterocycles. The van der Waals surface area contributed by atoms with Crippen molar-refractivity contribution in [2.75, 3.05) is 18.8 Å². The Balaban J connectivity index is 1.68. The highest BCUT2D eigenvalue weighted by Gasteiger charge is 2.28. The third-order valence-electron chi connectivity index (χ3n) is 4.61. The highest BCUT2D eigenvalue weighted by atomic mass is 16.6. The number of carbonyl (C=O) groups is 1. The number of anilines is 1. The molecule has 2 N–H and O–H groups in total.